The standard InChI is InChI=1S/C12H21N3OS/c1-5-9-6-14-12(17-9)8(4)15-11(16)10(13)7(2)3/h6-8,10H,5,13H2,1-4H3,(H,15,16)/t8?,10-/m0/s1. The van der Waals surface area contributed by atoms with Crippen molar-refractivity contribution in [2.75, 3.05) is 0 Å². The van der Waals surface area contributed by atoms with E-state index in [0.29, 0.717) is 0 Å². The molecular weight excluding hydrogens is 234 g/mol. The molecule has 0 aliphatic carbocycles. The third kappa shape index (κ3) is 3.78. The van der Waals surface area contributed by atoms with Gasteiger partial charge in [0.25, 0.3) is 0 Å². The largest absolute Gasteiger partial charge is 0.346 e. The Morgan fingerprint density at radius 2 is 2.18 bits per heavy atom. The van der Waals surface area contributed by atoms with Gasteiger partial charge in [-0.2, -0.15) is 0 Å². The highest BCUT2D eigenvalue weighted by Gasteiger charge is 2.20. The second kappa shape index (κ2) is 6.12. The van der Waals surface area contributed by atoms with Crippen LogP contribution in [0, 0.1) is 5.92 Å². The van der Waals surface area contributed by atoms with Gasteiger partial charge < -0.3 is 11.1 Å². The van der Waals surface area contributed by atoms with E-state index in [2.05, 4.69) is 17.2 Å². The number of aryl methyl sites for hydroxylation is 1. The van der Waals surface area contributed by atoms with Gasteiger partial charge in [-0.25, -0.2) is 4.98 Å². The van der Waals surface area contributed by atoms with Crippen LogP contribution in [0.4, 0.5) is 0 Å². The van der Waals surface area contributed by atoms with Gasteiger partial charge in [0, 0.05) is 11.1 Å². The summed E-state index contributed by atoms with van der Waals surface area (Å²) in [5, 5.41) is 3.83. The van der Waals surface area contributed by atoms with Crippen LogP contribution < -0.4 is 11.1 Å². The minimum atomic E-state index is -0.456. The molecule has 2 atom stereocenters. The topological polar surface area (TPSA) is 68.0 Å². The highest BCUT2D eigenvalue weighted by molar-refractivity contribution is 7.11. The number of thiazole rings is 1. The number of carbonyl (C=O) groups excluding carboxylic acids is 1. The van der Waals surface area contributed by atoms with Gasteiger partial charge in [0.05, 0.1) is 12.1 Å². The summed E-state index contributed by atoms with van der Waals surface area (Å²) in [5.41, 5.74) is 5.79. The molecule has 1 rings (SSSR count). The number of carbonyl (C=O) groups is 1. The molecular formula is C12H21N3OS. The quantitative estimate of drug-likeness (QED) is 0.844. The number of hydrogen-bond acceptors (Lipinski definition) is 4. The summed E-state index contributed by atoms with van der Waals surface area (Å²) in [7, 11) is 0. The lowest BCUT2D eigenvalue weighted by Crippen LogP contribution is -2.44. The lowest BCUT2D eigenvalue weighted by molar-refractivity contribution is -0.123. The van der Waals surface area contributed by atoms with Crippen LogP contribution in [-0.4, -0.2) is 16.9 Å². The van der Waals surface area contributed by atoms with Crippen molar-refractivity contribution in [3.8, 4) is 0 Å². The molecule has 0 spiro atoms. The maximum Gasteiger partial charge on any atom is 0.237 e. The SMILES string of the molecule is CCc1cnc(C(C)NC(=O)[C@@H](N)C(C)C)s1. The second-order valence-electron chi connectivity index (χ2n) is 4.52. The molecule has 5 heteroatoms. The monoisotopic (exact) mass is 255 g/mol. The summed E-state index contributed by atoms with van der Waals surface area (Å²) >= 11 is 1.64. The first-order valence-electron chi connectivity index (χ1n) is 5.96. The van der Waals surface area contributed by atoms with Crippen molar-refractivity contribution in [2.45, 2.75) is 46.2 Å². The molecule has 3 N–H and O–H groups in total. The number of aromatic nitrogens is 1. The van der Waals surface area contributed by atoms with Gasteiger partial charge in [-0.3, -0.25) is 4.79 Å². The van der Waals surface area contributed by atoms with Gasteiger partial charge in [0.1, 0.15) is 5.01 Å². The molecule has 0 fully saturated rings. The van der Waals surface area contributed by atoms with Gasteiger partial charge in [0.15, 0.2) is 0 Å². The van der Waals surface area contributed by atoms with Crippen LogP contribution in [-0.2, 0) is 11.2 Å². The van der Waals surface area contributed by atoms with Gasteiger partial charge in [-0.15, -0.1) is 11.3 Å². The Bertz CT molecular complexity index is 376. The molecule has 1 unspecified atom stereocenters. The van der Waals surface area contributed by atoms with Gasteiger partial charge in [-0.1, -0.05) is 20.8 Å². The van der Waals surface area contributed by atoms with E-state index in [0.717, 1.165) is 11.4 Å². The fourth-order valence-corrected chi connectivity index (χ4v) is 2.22. The van der Waals surface area contributed by atoms with Crippen molar-refractivity contribution < 1.29 is 4.79 Å². The van der Waals surface area contributed by atoms with Crippen LogP contribution in [0.5, 0.6) is 0 Å². The number of nitrogens with two attached hydrogens (primary N) is 1. The van der Waals surface area contributed by atoms with E-state index in [1.807, 2.05) is 27.0 Å². The van der Waals surface area contributed by atoms with E-state index in [9.17, 15) is 4.79 Å². The zero-order valence-electron chi connectivity index (χ0n) is 10.9. The smallest absolute Gasteiger partial charge is 0.237 e. The molecule has 0 aromatic carbocycles. The Balaban J connectivity index is 2.59. The Morgan fingerprint density at radius 3 is 2.65 bits per heavy atom. The number of hydrogen-bond donors (Lipinski definition) is 2. The molecule has 1 heterocycles. The average molecular weight is 255 g/mol. The molecule has 0 saturated carbocycles. The number of nitrogens with one attached hydrogen (secondary N) is 1. The lowest BCUT2D eigenvalue weighted by atomic mass is 10.0. The summed E-state index contributed by atoms with van der Waals surface area (Å²) in [4.78, 5) is 17.3. The van der Waals surface area contributed by atoms with Crippen LogP contribution in [0.3, 0.4) is 0 Å². The summed E-state index contributed by atoms with van der Waals surface area (Å²) < 4.78 is 0. The molecule has 1 aromatic heterocycles. The highest BCUT2D eigenvalue weighted by Crippen LogP contribution is 2.20. The number of rotatable bonds is 5. The summed E-state index contributed by atoms with van der Waals surface area (Å²) in [5.74, 6) is 0.0328. The van der Waals surface area contributed by atoms with Crippen LogP contribution >= 0.6 is 11.3 Å². The third-order valence-electron chi connectivity index (χ3n) is 2.67. The Kier molecular flexibility index (Phi) is 5.08. The molecule has 4 nitrogen and oxygen atoms in total. The fourth-order valence-electron chi connectivity index (χ4n) is 1.36. The molecule has 0 radical (unpaired) electrons. The van der Waals surface area contributed by atoms with Crippen molar-refractivity contribution in [1.29, 1.82) is 0 Å². The van der Waals surface area contributed by atoms with E-state index >= 15 is 0 Å². The molecule has 96 valence electrons. The number of amides is 1. The lowest BCUT2D eigenvalue weighted by Gasteiger charge is -2.18. The minimum Gasteiger partial charge on any atom is -0.346 e. The summed E-state index contributed by atoms with van der Waals surface area (Å²) in [6.07, 6.45) is 2.84. The molecule has 17 heavy (non-hydrogen) atoms. The molecule has 0 saturated heterocycles. The summed E-state index contributed by atoms with van der Waals surface area (Å²) in [6.45, 7) is 7.90. The van der Waals surface area contributed by atoms with E-state index in [1.165, 1.54) is 4.88 Å². The predicted molar refractivity (Wildman–Crippen MR) is 70.9 cm³/mol. The molecule has 0 bridgehead atoms. The minimum absolute atomic E-state index is 0.0717. The van der Waals surface area contributed by atoms with Crippen molar-refractivity contribution >= 4 is 17.2 Å². The van der Waals surface area contributed by atoms with Crippen LogP contribution in [0.1, 0.15) is 43.6 Å². The maximum atomic E-state index is 11.8. The normalized spacial score (nSPS) is 14.7. The van der Waals surface area contributed by atoms with Gasteiger partial charge in [-0.05, 0) is 19.3 Å². The van der Waals surface area contributed by atoms with Crippen molar-refractivity contribution in [3.05, 3.63) is 16.1 Å². The Hall–Kier alpha value is -0.940. The highest BCUT2D eigenvalue weighted by atomic mass is 32.1. The van der Waals surface area contributed by atoms with E-state index in [4.69, 9.17) is 5.73 Å². The Labute approximate surface area is 107 Å². The van der Waals surface area contributed by atoms with Crippen LogP contribution in [0.2, 0.25) is 0 Å². The van der Waals surface area contributed by atoms with E-state index in [1.54, 1.807) is 11.3 Å². The average Bonchev–Trinajstić information content (AvgIpc) is 2.76. The maximum absolute atomic E-state index is 11.8. The first-order chi connectivity index (χ1) is 7.95. The molecule has 1 aromatic rings. The van der Waals surface area contributed by atoms with Crippen LogP contribution in [0.25, 0.3) is 0 Å². The first kappa shape index (κ1) is 14.1. The van der Waals surface area contributed by atoms with E-state index < -0.39 is 6.04 Å². The fraction of sp³-hybridized carbons (Fsp3) is 0.667. The third-order valence-corrected chi connectivity index (χ3v) is 3.99. The van der Waals surface area contributed by atoms with Gasteiger partial charge in [0.2, 0.25) is 5.91 Å². The van der Waals surface area contributed by atoms with E-state index in [-0.39, 0.29) is 17.9 Å². The predicted octanol–water partition coefficient (Wildman–Crippen LogP) is 1.87. The molecule has 0 aliphatic rings. The van der Waals surface area contributed by atoms with Crippen molar-refractivity contribution in [1.82, 2.24) is 10.3 Å². The zero-order chi connectivity index (χ0) is 13.0. The van der Waals surface area contributed by atoms with Crippen molar-refractivity contribution in [3.63, 3.8) is 0 Å². The molecule has 1 amide bonds. The van der Waals surface area contributed by atoms with Crippen molar-refractivity contribution in [2.24, 2.45) is 11.7 Å². The van der Waals surface area contributed by atoms with Crippen LogP contribution in [0.15, 0.2) is 6.20 Å². The number of nitrogens with zero attached hydrogens (tertiary/aromatic N) is 1. The second-order valence-corrected chi connectivity index (χ2v) is 5.67. The first-order valence-corrected chi connectivity index (χ1v) is 6.77. The summed E-state index contributed by atoms with van der Waals surface area (Å²) in [6, 6.07) is -0.527. The van der Waals surface area contributed by atoms with Gasteiger partial charge >= 0.3 is 0 Å². The Morgan fingerprint density at radius 1 is 1.53 bits per heavy atom. The zero-order valence-corrected chi connectivity index (χ0v) is 11.7. The molecule has 0 aliphatic heterocycles.